The van der Waals surface area contributed by atoms with Gasteiger partial charge in [0.2, 0.25) is 0 Å². The Hall–Kier alpha value is -2.04. The third kappa shape index (κ3) is 1.66. The van der Waals surface area contributed by atoms with Gasteiger partial charge in [0.25, 0.3) is 0 Å². The van der Waals surface area contributed by atoms with Crippen LogP contribution in [0.4, 0.5) is 4.39 Å². The fraction of sp³-hybridized carbons (Fsp3) is 0. The smallest absolute Gasteiger partial charge is 0.127 e. The van der Waals surface area contributed by atoms with Gasteiger partial charge >= 0.3 is 0 Å². The van der Waals surface area contributed by atoms with Gasteiger partial charge in [-0.15, -0.1) is 10.2 Å². The summed E-state index contributed by atoms with van der Waals surface area (Å²) in [5, 5.41) is 19.6. The van der Waals surface area contributed by atoms with E-state index in [2.05, 4.69) is 15.4 Å². The van der Waals surface area contributed by atoms with Gasteiger partial charge in [0.1, 0.15) is 11.6 Å². The first-order chi connectivity index (χ1) is 6.75. The Morgan fingerprint density at radius 1 is 1.00 bits per heavy atom. The molecule has 5 heteroatoms. The zero-order valence-electron chi connectivity index (χ0n) is 7.05. The number of phenolic OH excluding ortho intramolecular Hbond substituents is 1. The number of phenols is 1. The maximum atomic E-state index is 12.9. The molecule has 2 aromatic rings. The zero-order valence-corrected chi connectivity index (χ0v) is 7.05. The summed E-state index contributed by atoms with van der Waals surface area (Å²) in [7, 11) is 0. The molecule has 0 radical (unpaired) electrons. The van der Waals surface area contributed by atoms with E-state index in [1.54, 1.807) is 0 Å². The maximum absolute atomic E-state index is 12.9. The molecule has 0 unspecified atom stereocenters. The average molecular weight is 191 g/mol. The Morgan fingerprint density at radius 2 is 1.71 bits per heavy atom. The zero-order chi connectivity index (χ0) is 9.97. The maximum Gasteiger partial charge on any atom is 0.127 e. The van der Waals surface area contributed by atoms with E-state index in [-0.39, 0.29) is 5.75 Å². The lowest BCUT2D eigenvalue weighted by molar-refractivity contribution is 0.469. The number of nitrogens with zero attached hydrogens (tertiary/aromatic N) is 3. The van der Waals surface area contributed by atoms with E-state index < -0.39 is 5.82 Å². The number of aromatic nitrogens is 3. The SMILES string of the molecule is Oc1cc(F)cc(-c2cnnnc2)c1. The topological polar surface area (TPSA) is 58.9 Å². The van der Waals surface area contributed by atoms with E-state index in [0.717, 1.165) is 6.07 Å². The Morgan fingerprint density at radius 3 is 2.36 bits per heavy atom. The highest BCUT2D eigenvalue weighted by molar-refractivity contribution is 5.62. The van der Waals surface area contributed by atoms with Gasteiger partial charge in [-0.2, -0.15) is 0 Å². The summed E-state index contributed by atoms with van der Waals surface area (Å²) in [6.45, 7) is 0. The van der Waals surface area contributed by atoms with Crippen LogP contribution in [0.5, 0.6) is 5.75 Å². The highest BCUT2D eigenvalue weighted by Crippen LogP contribution is 2.23. The van der Waals surface area contributed by atoms with Crippen molar-refractivity contribution >= 4 is 0 Å². The number of rotatable bonds is 1. The predicted molar refractivity (Wildman–Crippen MR) is 46.9 cm³/mol. The molecule has 14 heavy (non-hydrogen) atoms. The van der Waals surface area contributed by atoms with Gasteiger partial charge in [-0.1, -0.05) is 0 Å². The van der Waals surface area contributed by atoms with Crippen molar-refractivity contribution in [1.29, 1.82) is 0 Å². The molecule has 1 aromatic heterocycles. The molecular weight excluding hydrogens is 185 g/mol. The van der Waals surface area contributed by atoms with Crippen LogP contribution in [0.15, 0.2) is 30.6 Å². The highest BCUT2D eigenvalue weighted by atomic mass is 19.1. The van der Waals surface area contributed by atoms with Crippen molar-refractivity contribution < 1.29 is 9.50 Å². The molecule has 0 saturated carbocycles. The number of hydrogen-bond acceptors (Lipinski definition) is 4. The molecular formula is C9H6FN3O. The van der Waals surface area contributed by atoms with Crippen molar-refractivity contribution in [3.63, 3.8) is 0 Å². The molecule has 0 aliphatic rings. The first kappa shape index (κ1) is 8.55. The van der Waals surface area contributed by atoms with Crippen molar-refractivity contribution in [1.82, 2.24) is 15.4 Å². The predicted octanol–water partition coefficient (Wildman–Crippen LogP) is 1.38. The van der Waals surface area contributed by atoms with Crippen LogP contribution in [0, 0.1) is 5.82 Å². The number of aromatic hydroxyl groups is 1. The Balaban J connectivity index is 2.52. The average Bonchev–Trinajstić information content (AvgIpc) is 2.18. The summed E-state index contributed by atoms with van der Waals surface area (Å²) in [6.07, 6.45) is 2.89. The van der Waals surface area contributed by atoms with Crippen molar-refractivity contribution in [3.05, 3.63) is 36.4 Å². The third-order valence-electron chi connectivity index (χ3n) is 1.71. The molecule has 0 aliphatic carbocycles. The van der Waals surface area contributed by atoms with Gasteiger partial charge in [0, 0.05) is 11.6 Å². The lowest BCUT2D eigenvalue weighted by Crippen LogP contribution is -1.87. The minimum atomic E-state index is -0.503. The molecule has 4 nitrogen and oxygen atoms in total. The highest BCUT2D eigenvalue weighted by Gasteiger charge is 2.02. The van der Waals surface area contributed by atoms with Crippen molar-refractivity contribution in [2.24, 2.45) is 0 Å². The van der Waals surface area contributed by atoms with E-state index in [4.69, 9.17) is 5.11 Å². The Bertz CT molecular complexity index is 427. The van der Waals surface area contributed by atoms with Gasteiger partial charge in [0.15, 0.2) is 0 Å². The summed E-state index contributed by atoms with van der Waals surface area (Å²) in [4.78, 5) is 0. The Kier molecular flexibility index (Phi) is 2.06. The number of halogens is 1. The minimum absolute atomic E-state index is 0.128. The van der Waals surface area contributed by atoms with Crippen molar-refractivity contribution in [2.75, 3.05) is 0 Å². The van der Waals surface area contributed by atoms with Crippen LogP contribution >= 0.6 is 0 Å². The monoisotopic (exact) mass is 191 g/mol. The fourth-order valence-electron chi connectivity index (χ4n) is 1.13. The molecule has 0 bridgehead atoms. The third-order valence-corrected chi connectivity index (χ3v) is 1.71. The van der Waals surface area contributed by atoms with Gasteiger partial charge < -0.3 is 5.11 Å². The van der Waals surface area contributed by atoms with E-state index in [1.165, 1.54) is 24.5 Å². The van der Waals surface area contributed by atoms with Gasteiger partial charge in [-0.05, 0) is 22.9 Å². The Labute approximate surface area is 79.0 Å². The quantitative estimate of drug-likeness (QED) is 0.739. The second-order valence-corrected chi connectivity index (χ2v) is 2.73. The summed E-state index contributed by atoms with van der Waals surface area (Å²) in [5.41, 5.74) is 1.12. The summed E-state index contributed by atoms with van der Waals surface area (Å²) in [5.74, 6) is -0.631. The van der Waals surface area contributed by atoms with Crippen molar-refractivity contribution in [2.45, 2.75) is 0 Å². The van der Waals surface area contributed by atoms with Crippen LogP contribution in [0.25, 0.3) is 11.1 Å². The largest absolute Gasteiger partial charge is 0.508 e. The minimum Gasteiger partial charge on any atom is -0.508 e. The molecule has 0 amide bonds. The first-order valence-electron chi connectivity index (χ1n) is 3.89. The van der Waals surface area contributed by atoms with Crippen LogP contribution in [0.1, 0.15) is 0 Å². The molecule has 0 aliphatic heterocycles. The molecule has 1 aromatic carbocycles. The second kappa shape index (κ2) is 3.37. The van der Waals surface area contributed by atoms with Gasteiger partial charge in [0.05, 0.1) is 12.4 Å². The van der Waals surface area contributed by atoms with Crippen LogP contribution in [-0.4, -0.2) is 20.5 Å². The number of hydrogen-bond donors (Lipinski definition) is 1. The molecule has 0 spiro atoms. The van der Waals surface area contributed by atoms with Gasteiger partial charge in [-0.3, -0.25) is 0 Å². The van der Waals surface area contributed by atoms with Gasteiger partial charge in [-0.25, -0.2) is 4.39 Å². The van der Waals surface area contributed by atoms with E-state index in [0.29, 0.717) is 11.1 Å². The first-order valence-corrected chi connectivity index (χ1v) is 3.89. The van der Waals surface area contributed by atoms with Crippen LogP contribution < -0.4 is 0 Å². The molecule has 0 saturated heterocycles. The summed E-state index contributed by atoms with van der Waals surface area (Å²) >= 11 is 0. The standard InChI is InChI=1S/C9H6FN3O/c10-8-1-6(2-9(14)3-8)7-4-11-13-12-5-7/h1-5,14H. The van der Waals surface area contributed by atoms with Crippen LogP contribution in [0.3, 0.4) is 0 Å². The lowest BCUT2D eigenvalue weighted by Gasteiger charge is -2.00. The lowest BCUT2D eigenvalue weighted by atomic mass is 10.1. The normalized spacial score (nSPS) is 10.1. The second-order valence-electron chi connectivity index (χ2n) is 2.73. The molecule has 2 rings (SSSR count). The van der Waals surface area contributed by atoms with E-state index in [9.17, 15) is 4.39 Å². The summed E-state index contributed by atoms with van der Waals surface area (Å²) in [6, 6.07) is 3.76. The molecule has 1 N–H and O–H groups in total. The summed E-state index contributed by atoms with van der Waals surface area (Å²) < 4.78 is 12.9. The van der Waals surface area contributed by atoms with Crippen molar-refractivity contribution in [3.8, 4) is 16.9 Å². The molecule has 0 atom stereocenters. The van der Waals surface area contributed by atoms with E-state index >= 15 is 0 Å². The van der Waals surface area contributed by atoms with Crippen LogP contribution in [0.2, 0.25) is 0 Å². The molecule has 0 fully saturated rings. The van der Waals surface area contributed by atoms with E-state index in [1.807, 2.05) is 0 Å². The fourth-order valence-corrected chi connectivity index (χ4v) is 1.13. The molecule has 70 valence electrons. The van der Waals surface area contributed by atoms with Crippen LogP contribution in [-0.2, 0) is 0 Å². The number of benzene rings is 1. The molecule has 1 heterocycles.